The maximum atomic E-state index is 13.0. The van der Waals surface area contributed by atoms with Crippen molar-refractivity contribution in [3.05, 3.63) is 63.6 Å². The summed E-state index contributed by atoms with van der Waals surface area (Å²) in [4.78, 5) is 42.1. The van der Waals surface area contributed by atoms with Crippen LogP contribution in [-0.2, 0) is 27.2 Å². The zero-order chi connectivity index (χ0) is 30.0. The predicted octanol–water partition coefficient (Wildman–Crippen LogP) is 3.17. The number of methoxy groups -OCH3 is 1. The third-order valence-electron chi connectivity index (χ3n) is 6.66. The molecule has 0 radical (unpaired) electrons. The first kappa shape index (κ1) is 34.5. The number of carbonyl (C=O) groups excluding carboxylic acids is 3. The number of carbonyl (C=O) groups is 3. The minimum atomic E-state index is -0.453. The van der Waals surface area contributed by atoms with Crippen LogP contribution >= 0.6 is 23.2 Å². The third-order valence-corrected chi connectivity index (χ3v) is 7.25. The molecular formula is C30H43Cl2N5O4. The van der Waals surface area contributed by atoms with Crippen LogP contribution in [0.15, 0.2) is 42.5 Å². The van der Waals surface area contributed by atoms with Crippen molar-refractivity contribution in [2.24, 2.45) is 0 Å². The molecule has 0 bridgehead atoms. The molecular weight excluding hydrogens is 565 g/mol. The van der Waals surface area contributed by atoms with Crippen LogP contribution < -0.4 is 20.7 Å². The van der Waals surface area contributed by atoms with E-state index >= 15 is 0 Å². The fraction of sp³-hybridized carbons (Fsp3) is 0.500. The van der Waals surface area contributed by atoms with Gasteiger partial charge in [0.25, 0.3) is 0 Å². The molecule has 0 atom stereocenters. The summed E-state index contributed by atoms with van der Waals surface area (Å²) < 4.78 is 5.18. The number of hydrogen-bond acceptors (Lipinski definition) is 7. The summed E-state index contributed by atoms with van der Waals surface area (Å²) in [6, 6.07) is 12.9. The smallest absolute Gasteiger partial charge is 0.243 e. The molecule has 11 heteroatoms. The second-order valence-electron chi connectivity index (χ2n) is 9.54. The lowest BCUT2D eigenvalue weighted by molar-refractivity contribution is -0.147. The lowest BCUT2D eigenvalue weighted by Gasteiger charge is -2.22. The van der Waals surface area contributed by atoms with Crippen LogP contribution in [0.4, 0.5) is 0 Å². The maximum Gasteiger partial charge on any atom is 0.243 e. The Morgan fingerprint density at radius 2 is 1.51 bits per heavy atom. The Kier molecular flexibility index (Phi) is 16.4. The monoisotopic (exact) mass is 607 g/mol. The van der Waals surface area contributed by atoms with E-state index in [1.54, 1.807) is 25.3 Å². The third kappa shape index (κ3) is 13.2. The Balaban J connectivity index is 1.88. The Hall–Kier alpha value is -2.69. The van der Waals surface area contributed by atoms with Crippen molar-refractivity contribution < 1.29 is 19.1 Å². The summed E-state index contributed by atoms with van der Waals surface area (Å²) in [5, 5.41) is 10.0. The summed E-state index contributed by atoms with van der Waals surface area (Å²) in [5.41, 5.74) is 1.93. The van der Waals surface area contributed by atoms with Gasteiger partial charge in [0, 0.05) is 16.6 Å². The van der Waals surface area contributed by atoms with Crippen molar-refractivity contribution in [3.63, 3.8) is 0 Å². The maximum absolute atomic E-state index is 13.0. The van der Waals surface area contributed by atoms with Crippen molar-refractivity contribution in [1.82, 2.24) is 25.8 Å². The van der Waals surface area contributed by atoms with E-state index in [4.69, 9.17) is 27.9 Å². The molecule has 41 heavy (non-hydrogen) atoms. The van der Waals surface area contributed by atoms with Gasteiger partial charge in [0.2, 0.25) is 17.7 Å². The van der Waals surface area contributed by atoms with E-state index in [1.165, 1.54) is 0 Å². The highest BCUT2D eigenvalue weighted by molar-refractivity contribution is 6.35. The van der Waals surface area contributed by atoms with Gasteiger partial charge in [-0.25, -0.2) is 0 Å². The Bertz CT molecular complexity index is 1100. The number of nitrogens with one attached hydrogen (secondary N) is 3. The number of rotatable bonds is 19. The Morgan fingerprint density at radius 1 is 0.854 bits per heavy atom. The molecule has 0 aromatic heterocycles. The quantitative estimate of drug-likeness (QED) is 0.211. The lowest BCUT2D eigenvalue weighted by Crippen LogP contribution is -2.50. The first-order valence-electron chi connectivity index (χ1n) is 14.1. The van der Waals surface area contributed by atoms with Gasteiger partial charge in [-0.05, 0) is 87.4 Å². The molecule has 0 saturated heterocycles. The normalized spacial score (nSPS) is 11.0. The second kappa shape index (κ2) is 19.4. The molecule has 226 valence electrons. The van der Waals surface area contributed by atoms with Crippen LogP contribution in [0.3, 0.4) is 0 Å². The van der Waals surface area contributed by atoms with E-state index in [-0.39, 0.29) is 19.6 Å². The average Bonchev–Trinajstić information content (AvgIpc) is 2.97. The molecule has 0 heterocycles. The highest BCUT2D eigenvalue weighted by Crippen LogP contribution is 2.21. The standard InChI is InChI=1S/C30H43Cl2N5O4/c1-4-36(5-2)18-6-15-33-20-29(39)37(22-28(38)35-17-14-24-9-10-25(31)19-27(24)32)30(40)21-34-16-13-23-7-11-26(41-3)12-8-23/h7-12,19,33-34H,4-6,13-18,20-22H2,1-3H3,(H,35,38). The zero-order valence-corrected chi connectivity index (χ0v) is 25.8. The molecule has 9 nitrogen and oxygen atoms in total. The summed E-state index contributed by atoms with van der Waals surface area (Å²) in [5.74, 6) is -0.532. The van der Waals surface area contributed by atoms with Gasteiger partial charge >= 0.3 is 0 Å². The largest absolute Gasteiger partial charge is 0.497 e. The molecule has 0 aliphatic heterocycles. The predicted molar refractivity (Wildman–Crippen MR) is 165 cm³/mol. The average molecular weight is 609 g/mol. The van der Waals surface area contributed by atoms with Gasteiger partial charge in [-0.1, -0.05) is 55.2 Å². The van der Waals surface area contributed by atoms with Gasteiger partial charge < -0.3 is 25.6 Å². The van der Waals surface area contributed by atoms with Crippen LogP contribution in [0.1, 0.15) is 31.4 Å². The van der Waals surface area contributed by atoms with Gasteiger partial charge in [0.15, 0.2) is 0 Å². The van der Waals surface area contributed by atoms with E-state index in [9.17, 15) is 14.4 Å². The van der Waals surface area contributed by atoms with Gasteiger partial charge in [-0.15, -0.1) is 0 Å². The van der Waals surface area contributed by atoms with E-state index in [1.807, 2.05) is 24.3 Å². The van der Waals surface area contributed by atoms with E-state index in [2.05, 4.69) is 34.7 Å². The number of imide groups is 1. The fourth-order valence-electron chi connectivity index (χ4n) is 4.15. The molecule has 2 rings (SSSR count). The minimum absolute atomic E-state index is 0.0243. The number of ether oxygens (including phenoxy) is 1. The summed E-state index contributed by atoms with van der Waals surface area (Å²) in [6.07, 6.45) is 2.07. The number of benzene rings is 2. The van der Waals surface area contributed by atoms with Crippen molar-refractivity contribution in [2.75, 3.05) is 66.0 Å². The van der Waals surface area contributed by atoms with Gasteiger partial charge in [-0.2, -0.15) is 0 Å². The summed E-state index contributed by atoms with van der Waals surface area (Å²) in [7, 11) is 1.62. The SMILES string of the molecule is CCN(CC)CCCNCC(=O)N(CC(=O)NCCc1ccc(Cl)cc1Cl)C(=O)CNCCc1ccc(OC)cc1. The Morgan fingerprint density at radius 3 is 2.12 bits per heavy atom. The van der Waals surface area contributed by atoms with Crippen molar-refractivity contribution in [1.29, 1.82) is 0 Å². The summed E-state index contributed by atoms with van der Waals surface area (Å²) >= 11 is 12.2. The Labute approximate surface area is 253 Å². The van der Waals surface area contributed by atoms with Gasteiger partial charge in [-0.3, -0.25) is 19.3 Å². The van der Waals surface area contributed by atoms with Gasteiger partial charge in [0.1, 0.15) is 12.3 Å². The van der Waals surface area contributed by atoms with Crippen molar-refractivity contribution in [3.8, 4) is 5.75 Å². The number of nitrogens with zero attached hydrogens (tertiary/aromatic N) is 2. The van der Waals surface area contributed by atoms with E-state index in [0.29, 0.717) is 42.5 Å². The first-order valence-corrected chi connectivity index (χ1v) is 14.8. The molecule has 3 N–H and O–H groups in total. The second-order valence-corrected chi connectivity index (χ2v) is 10.4. The van der Waals surface area contributed by atoms with Gasteiger partial charge in [0.05, 0.1) is 20.2 Å². The lowest BCUT2D eigenvalue weighted by atomic mass is 10.1. The number of halogens is 2. The molecule has 0 spiro atoms. The van der Waals surface area contributed by atoms with E-state index < -0.39 is 17.7 Å². The summed E-state index contributed by atoms with van der Waals surface area (Å²) in [6.45, 7) is 8.15. The molecule has 0 fully saturated rings. The van der Waals surface area contributed by atoms with Crippen LogP contribution in [-0.4, -0.2) is 93.5 Å². The number of amides is 3. The highest BCUT2D eigenvalue weighted by atomic mass is 35.5. The molecule has 2 aromatic rings. The topological polar surface area (TPSA) is 103 Å². The highest BCUT2D eigenvalue weighted by Gasteiger charge is 2.23. The molecule has 0 aliphatic carbocycles. The number of hydrogen-bond donors (Lipinski definition) is 3. The molecule has 3 amide bonds. The van der Waals surface area contributed by atoms with Crippen LogP contribution in [0.25, 0.3) is 0 Å². The zero-order valence-electron chi connectivity index (χ0n) is 24.3. The molecule has 2 aromatic carbocycles. The molecule has 0 unspecified atom stereocenters. The van der Waals surface area contributed by atoms with Crippen molar-refractivity contribution in [2.45, 2.75) is 33.1 Å². The van der Waals surface area contributed by atoms with Crippen LogP contribution in [0.2, 0.25) is 10.0 Å². The fourth-order valence-corrected chi connectivity index (χ4v) is 4.65. The molecule has 0 saturated carbocycles. The molecule has 0 aliphatic rings. The minimum Gasteiger partial charge on any atom is -0.497 e. The van der Waals surface area contributed by atoms with Crippen molar-refractivity contribution >= 4 is 40.9 Å². The van der Waals surface area contributed by atoms with Crippen LogP contribution in [0, 0.1) is 0 Å². The first-order chi connectivity index (χ1) is 19.8. The van der Waals surface area contributed by atoms with E-state index in [0.717, 1.165) is 47.8 Å². The van der Waals surface area contributed by atoms with Crippen LogP contribution in [0.5, 0.6) is 5.75 Å².